The van der Waals surface area contributed by atoms with Crippen LogP contribution in [0, 0.1) is 0 Å². The van der Waals surface area contributed by atoms with Crippen LogP contribution in [0.15, 0.2) is 59.5 Å². The fourth-order valence-corrected chi connectivity index (χ4v) is 5.84. The molecular weight excluding hydrogens is 336 g/mol. The third-order valence-corrected chi connectivity index (χ3v) is 7.26. The average Bonchev–Trinajstić information content (AvgIpc) is 2.62. The van der Waals surface area contributed by atoms with Crippen molar-refractivity contribution in [2.24, 2.45) is 0 Å². The van der Waals surface area contributed by atoms with Crippen LogP contribution in [0.25, 0.3) is 11.1 Å². The second-order valence-corrected chi connectivity index (χ2v) is 8.62. The van der Waals surface area contributed by atoms with E-state index in [1.54, 1.807) is 11.8 Å². The first-order chi connectivity index (χ1) is 11.7. The molecule has 0 aromatic heterocycles. The Bertz CT molecular complexity index is 672. The van der Waals surface area contributed by atoms with E-state index in [0.717, 1.165) is 6.42 Å². The molecule has 126 valence electrons. The Morgan fingerprint density at radius 2 is 1.67 bits per heavy atom. The summed E-state index contributed by atoms with van der Waals surface area (Å²) in [5.41, 5.74) is 2.48. The Labute approximate surface area is 152 Å². The molecule has 1 N–H and O–H groups in total. The predicted molar refractivity (Wildman–Crippen MR) is 104 cm³/mol. The van der Waals surface area contributed by atoms with E-state index in [2.05, 4.69) is 48.5 Å². The zero-order valence-corrected chi connectivity index (χ0v) is 15.2. The standard InChI is InChI=1S/C20H22O2S2/c21-20(22)14-23-18-11-4-5-12-19(18)24-17-10-6-9-16(13-17)15-7-2-1-3-8-15/h1-3,6-10,13,18-19H,4-5,11-12,14H2,(H,21,22). The number of thioether (sulfide) groups is 2. The van der Waals surface area contributed by atoms with Crippen LogP contribution in [0.4, 0.5) is 0 Å². The van der Waals surface area contributed by atoms with E-state index in [1.807, 2.05) is 17.8 Å². The molecule has 0 spiro atoms. The molecule has 2 aromatic rings. The van der Waals surface area contributed by atoms with E-state index in [1.165, 1.54) is 35.3 Å². The average molecular weight is 359 g/mol. The maximum Gasteiger partial charge on any atom is 0.313 e. The number of aliphatic carboxylic acids is 1. The van der Waals surface area contributed by atoms with Gasteiger partial charge in [0, 0.05) is 15.4 Å². The van der Waals surface area contributed by atoms with Crippen LogP contribution in [-0.4, -0.2) is 27.3 Å². The third kappa shape index (κ3) is 4.81. The van der Waals surface area contributed by atoms with Crippen LogP contribution in [-0.2, 0) is 4.79 Å². The van der Waals surface area contributed by atoms with E-state index in [9.17, 15) is 4.79 Å². The van der Waals surface area contributed by atoms with E-state index in [-0.39, 0.29) is 5.75 Å². The number of carboxylic acid groups (broad SMARTS) is 1. The highest BCUT2D eigenvalue weighted by atomic mass is 32.2. The molecule has 0 heterocycles. The molecule has 0 radical (unpaired) electrons. The first-order valence-electron chi connectivity index (χ1n) is 8.38. The Hall–Kier alpha value is -1.39. The third-order valence-electron chi connectivity index (χ3n) is 4.29. The van der Waals surface area contributed by atoms with Crippen molar-refractivity contribution in [1.29, 1.82) is 0 Å². The van der Waals surface area contributed by atoms with Crippen LogP contribution in [0.2, 0.25) is 0 Å². The van der Waals surface area contributed by atoms with Gasteiger partial charge in [-0.3, -0.25) is 4.79 Å². The normalized spacial score (nSPS) is 20.7. The lowest BCUT2D eigenvalue weighted by atomic mass is 10.00. The van der Waals surface area contributed by atoms with Crippen LogP contribution >= 0.6 is 23.5 Å². The van der Waals surface area contributed by atoms with Crippen molar-refractivity contribution in [2.45, 2.75) is 41.1 Å². The molecule has 4 heteroatoms. The van der Waals surface area contributed by atoms with E-state index < -0.39 is 5.97 Å². The summed E-state index contributed by atoms with van der Waals surface area (Å²) in [6.07, 6.45) is 4.78. The SMILES string of the molecule is O=C(O)CSC1CCCCC1Sc1cccc(-c2ccccc2)c1. The summed E-state index contributed by atoms with van der Waals surface area (Å²) in [5.74, 6) is -0.494. The van der Waals surface area contributed by atoms with Gasteiger partial charge in [-0.1, -0.05) is 55.3 Å². The zero-order valence-electron chi connectivity index (χ0n) is 13.6. The van der Waals surface area contributed by atoms with Gasteiger partial charge in [-0.2, -0.15) is 0 Å². The van der Waals surface area contributed by atoms with Gasteiger partial charge in [0.15, 0.2) is 0 Å². The molecule has 3 rings (SSSR count). The van der Waals surface area contributed by atoms with E-state index >= 15 is 0 Å². The van der Waals surface area contributed by atoms with Gasteiger partial charge >= 0.3 is 5.97 Å². The summed E-state index contributed by atoms with van der Waals surface area (Å²) in [6, 6.07) is 19.1. The summed E-state index contributed by atoms with van der Waals surface area (Å²) in [7, 11) is 0. The number of carbonyl (C=O) groups is 1. The molecule has 1 aliphatic carbocycles. The van der Waals surface area contributed by atoms with Gasteiger partial charge in [-0.05, 0) is 36.1 Å². The number of hydrogen-bond donors (Lipinski definition) is 1. The van der Waals surface area contributed by atoms with Crippen molar-refractivity contribution in [1.82, 2.24) is 0 Å². The van der Waals surface area contributed by atoms with Crippen molar-refractivity contribution in [3.8, 4) is 11.1 Å². The molecule has 1 aliphatic rings. The molecule has 24 heavy (non-hydrogen) atoms. The van der Waals surface area contributed by atoms with E-state index in [4.69, 9.17) is 5.11 Å². The molecule has 0 saturated heterocycles. The minimum absolute atomic E-state index is 0.214. The molecule has 0 bridgehead atoms. The quantitative estimate of drug-likeness (QED) is 0.732. The number of rotatable bonds is 6. The number of hydrogen-bond acceptors (Lipinski definition) is 3. The molecule has 1 fully saturated rings. The van der Waals surface area contributed by atoms with Crippen LogP contribution < -0.4 is 0 Å². The Morgan fingerprint density at radius 3 is 2.42 bits per heavy atom. The molecule has 2 atom stereocenters. The molecule has 0 aliphatic heterocycles. The summed E-state index contributed by atoms with van der Waals surface area (Å²) >= 11 is 3.53. The second-order valence-electron chi connectivity index (χ2n) is 6.08. The van der Waals surface area contributed by atoms with Crippen LogP contribution in [0.5, 0.6) is 0 Å². The first kappa shape index (κ1) is 17.4. The van der Waals surface area contributed by atoms with Crippen molar-refractivity contribution in [2.75, 3.05) is 5.75 Å². The summed E-state index contributed by atoms with van der Waals surface area (Å²) in [5, 5.41) is 9.91. The molecule has 2 unspecified atom stereocenters. The van der Waals surface area contributed by atoms with Crippen LogP contribution in [0.1, 0.15) is 25.7 Å². The Balaban J connectivity index is 1.71. The molecule has 2 aromatic carbocycles. The van der Waals surface area contributed by atoms with Crippen molar-refractivity contribution < 1.29 is 9.90 Å². The van der Waals surface area contributed by atoms with Gasteiger partial charge in [0.25, 0.3) is 0 Å². The van der Waals surface area contributed by atoms with Gasteiger partial charge in [0.2, 0.25) is 0 Å². The van der Waals surface area contributed by atoms with Crippen molar-refractivity contribution in [3.63, 3.8) is 0 Å². The monoisotopic (exact) mass is 358 g/mol. The highest BCUT2D eigenvalue weighted by molar-refractivity contribution is 8.04. The molecule has 0 amide bonds. The minimum Gasteiger partial charge on any atom is -0.481 e. The Kier molecular flexibility index (Phi) is 6.27. The Morgan fingerprint density at radius 1 is 0.958 bits per heavy atom. The molecule has 2 nitrogen and oxygen atoms in total. The van der Waals surface area contributed by atoms with Crippen molar-refractivity contribution >= 4 is 29.5 Å². The summed E-state index contributed by atoms with van der Waals surface area (Å²) < 4.78 is 0. The number of benzene rings is 2. The predicted octanol–water partition coefficient (Wildman–Crippen LogP) is 5.57. The lowest BCUT2D eigenvalue weighted by Gasteiger charge is -2.30. The van der Waals surface area contributed by atoms with Gasteiger partial charge in [0.1, 0.15) is 0 Å². The molecular formula is C20H22O2S2. The number of carboxylic acids is 1. The van der Waals surface area contributed by atoms with E-state index in [0.29, 0.717) is 10.5 Å². The maximum atomic E-state index is 10.9. The van der Waals surface area contributed by atoms with Gasteiger partial charge in [-0.25, -0.2) is 0 Å². The zero-order chi connectivity index (χ0) is 16.8. The summed E-state index contributed by atoms with van der Waals surface area (Å²) in [6.45, 7) is 0. The second kappa shape index (κ2) is 8.63. The van der Waals surface area contributed by atoms with Gasteiger partial charge in [-0.15, -0.1) is 23.5 Å². The topological polar surface area (TPSA) is 37.3 Å². The lowest BCUT2D eigenvalue weighted by Crippen LogP contribution is -2.25. The van der Waals surface area contributed by atoms with Gasteiger partial charge in [0.05, 0.1) is 5.75 Å². The first-order valence-corrected chi connectivity index (χ1v) is 10.3. The van der Waals surface area contributed by atoms with Crippen molar-refractivity contribution in [3.05, 3.63) is 54.6 Å². The minimum atomic E-state index is -0.708. The smallest absolute Gasteiger partial charge is 0.313 e. The maximum absolute atomic E-state index is 10.9. The summed E-state index contributed by atoms with van der Waals surface area (Å²) in [4.78, 5) is 12.2. The fraction of sp³-hybridized carbons (Fsp3) is 0.350. The molecule has 1 saturated carbocycles. The largest absolute Gasteiger partial charge is 0.481 e. The van der Waals surface area contributed by atoms with Gasteiger partial charge < -0.3 is 5.11 Å². The fourth-order valence-electron chi connectivity index (χ4n) is 3.12. The van der Waals surface area contributed by atoms with Crippen LogP contribution in [0.3, 0.4) is 0 Å². The highest BCUT2D eigenvalue weighted by Gasteiger charge is 2.27. The lowest BCUT2D eigenvalue weighted by molar-refractivity contribution is -0.133. The highest BCUT2D eigenvalue weighted by Crippen LogP contribution is 2.40.